The molecule has 5 rings (SSSR count). The monoisotopic (exact) mass is 594 g/mol. The number of hydrogen-bond acceptors (Lipinski definition) is 6. The second kappa shape index (κ2) is 12.2. The van der Waals surface area contributed by atoms with E-state index in [1.54, 1.807) is 36.4 Å². The number of carbonyl (C=O) groups excluding carboxylic acids is 2. The number of aromatic nitrogens is 2. The van der Waals surface area contributed by atoms with E-state index in [9.17, 15) is 9.59 Å². The van der Waals surface area contributed by atoms with Gasteiger partial charge in [-0.15, -0.1) is 0 Å². The number of Topliss-reactive ketones (excluding diaryl/α,β-unsaturated/α-hetero) is 1. The highest BCUT2D eigenvalue weighted by molar-refractivity contribution is 6.48. The number of halogens is 2. The number of amides is 1. The van der Waals surface area contributed by atoms with Crippen LogP contribution in [0.1, 0.15) is 36.8 Å². The Morgan fingerprint density at radius 1 is 0.976 bits per heavy atom. The van der Waals surface area contributed by atoms with E-state index < -0.39 is 11.7 Å². The van der Waals surface area contributed by atoms with Gasteiger partial charge in [-0.2, -0.15) is 5.10 Å². The minimum absolute atomic E-state index is 0.284. The number of ketones is 1. The molecule has 41 heavy (non-hydrogen) atoms. The molecule has 0 radical (unpaired) electrons. The smallest absolute Gasteiger partial charge is 0.297 e. The highest BCUT2D eigenvalue weighted by Gasteiger charge is 2.25. The van der Waals surface area contributed by atoms with Crippen LogP contribution in [0, 0.1) is 0 Å². The predicted octanol–water partition coefficient (Wildman–Crippen LogP) is 6.16. The standard InChI is InChI=1S/C31H32Cl2N4O4/c1-31(2,3)27-19-28(37(35-27)22-17-20(32)16-21(33)18-22)34-30(39)29(38)25-8-9-26(24-7-5-4-6-23(24)25)41-15-12-36-10-13-40-14-11-36/h4-9,16-19H,10-15H2,1-3H3,(H,34,39). The van der Waals surface area contributed by atoms with Crippen molar-refractivity contribution in [1.82, 2.24) is 14.7 Å². The van der Waals surface area contributed by atoms with Gasteiger partial charge in [0.2, 0.25) is 0 Å². The molecule has 1 amide bonds. The summed E-state index contributed by atoms with van der Waals surface area (Å²) >= 11 is 12.5. The van der Waals surface area contributed by atoms with Crippen molar-refractivity contribution in [3.05, 3.63) is 82.0 Å². The Kier molecular flexibility index (Phi) is 8.66. The van der Waals surface area contributed by atoms with Gasteiger partial charge in [0.25, 0.3) is 11.7 Å². The number of rotatable bonds is 8. The zero-order valence-electron chi connectivity index (χ0n) is 23.2. The summed E-state index contributed by atoms with van der Waals surface area (Å²) in [6.07, 6.45) is 0. The van der Waals surface area contributed by atoms with Crippen LogP contribution in [0.15, 0.2) is 60.7 Å². The first-order valence-electron chi connectivity index (χ1n) is 13.5. The first-order chi connectivity index (χ1) is 19.6. The molecular formula is C31H32Cl2N4O4. The molecule has 1 fully saturated rings. The Hall–Kier alpha value is -3.43. The van der Waals surface area contributed by atoms with Gasteiger partial charge < -0.3 is 14.8 Å². The number of nitrogens with zero attached hydrogens (tertiary/aromatic N) is 3. The van der Waals surface area contributed by atoms with Crippen LogP contribution in [0.25, 0.3) is 16.5 Å². The number of ether oxygens (including phenoxy) is 2. The maximum absolute atomic E-state index is 13.5. The number of benzene rings is 3. The van der Waals surface area contributed by atoms with Crippen LogP contribution in [0.4, 0.5) is 5.82 Å². The van der Waals surface area contributed by atoms with E-state index in [2.05, 4.69) is 15.3 Å². The molecule has 2 heterocycles. The van der Waals surface area contributed by atoms with Crippen molar-refractivity contribution in [2.75, 3.05) is 44.8 Å². The molecule has 0 spiro atoms. The molecule has 8 nitrogen and oxygen atoms in total. The zero-order chi connectivity index (χ0) is 29.1. The second-order valence-electron chi connectivity index (χ2n) is 10.9. The maximum atomic E-state index is 13.5. The molecule has 1 aromatic heterocycles. The third-order valence-electron chi connectivity index (χ3n) is 6.91. The van der Waals surface area contributed by atoms with Gasteiger partial charge in [0, 0.05) is 52.1 Å². The van der Waals surface area contributed by atoms with Crippen LogP contribution in [0.3, 0.4) is 0 Å². The van der Waals surface area contributed by atoms with Gasteiger partial charge in [0.05, 0.1) is 24.6 Å². The molecule has 0 unspecified atom stereocenters. The molecule has 0 bridgehead atoms. The Balaban J connectivity index is 1.40. The summed E-state index contributed by atoms with van der Waals surface area (Å²) in [4.78, 5) is 29.2. The quantitative estimate of drug-likeness (QED) is 0.194. The summed E-state index contributed by atoms with van der Waals surface area (Å²) in [5.74, 6) is -0.461. The molecule has 0 atom stereocenters. The lowest BCUT2D eigenvalue weighted by Gasteiger charge is -2.26. The Morgan fingerprint density at radius 2 is 1.66 bits per heavy atom. The van der Waals surface area contributed by atoms with Crippen molar-refractivity contribution < 1.29 is 19.1 Å². The molecule has 214 valence electrons. The van der Waals surface area contributed by atoms with Crippen LogP contribution in [0.5, 0.6) is 5.75 Å². The van der Waals surface area contributed by atoms with E-state index in [4.69, 9.17) is 32.7 Å². The van der Waals surface area contributed by atoms with Gasteiger partial charge in [-0.3, -0.25) is 14.5 Å². The summed E-state index contributed by atoms with van der Waals surface area (Å²) in [5, 5.41) is 9.71. The molecule has 4 aromatic rings. The van der Waals surface area contributed by atoms with Crippen molar-refractivity contribution >= 4 is 51.5 Å². The van der Waals surface area contributed by atoms with Gasteiger partial charge in [-0.05, 0) is 35.7 Å². The molecule has 3 aromatic carbocycles. The molecule has 1 saturated heterocycles. The number of morpholine rings is 1. The minimum Gasteiger partial charge on any atom is -0.492 e. The lowest BCUT2D eigenvalue weighted by atomic mass is 9.92. The van der Waals surface area contributed by atoms with Gasteiger partial charge in [0.1, 0.15) is 18.2 Å². The van der Waals surface area contributed by atoms with Crippen LogP contribution >= 0.6 is 23.2 Å². The lowest BCUT2D eigenvalue weighted by molar-refractivity contribution is -0.112. The highest BCUT2D eigenvalue weighted by atomic mass is 35.5. The summed E-state index contributed by atoms with van der Waals surface area (Å²) in [6, 6.07) is 17.6. The fourth-order valence-electron chi connectivity index (χ4n) is 4.70. The van der Waals surface area contributed by atoms with Crippen molar-refractivity contribution in [2.45, 2.75) is 26.2 Å². The Bertz CT molecular complexity index is 1570. The Morgan fingerprint density at radius 3 is 2.34 bits per heavy atom. The van der Waals surface area contributed by atoms with Gasteiger partial charge >= 0.3 is 0 Å². The second-order valence-corrected chi connectivity index (χ2v) is 11.8. The molecule has 1 N–H and O–H groups in total. The summed E-state index contributed by atoms with van der Waals surface area (Å²) in [6.45, 7) is 10.5. The summed E-state index contributed by atoms with van der Waals surface area (Å²) in [5.41, 5.74) is 1.25. The van der Waals surface area contributed by atoms with Crippen molar-refractivity contribution in [1.29, 1.82) is 0 Å². The van der Waals surface area contributed by atoms with Gasteiger partial charge in [0.15, 0.2) is 0 Å². The van der Waals surface area contributed by atoms with Crippen LogP contribution in [-0.4, -0.2) is 65.8 Å². The third-order valence-corrected chi connectivity index (χ3v) is 7.35. The van der Waals surface area contributed by atoms with E-state index in [0.29, 0.717) is 39.3 Å². The van der Waals surface area contributed by atoms with Crippen LogP contribution in [0.2, 0.25) is 10.0 Å². The normalized spacial score (nSPS) is 14.3. The predicted molar refractivity (Wildman–Crippen MR) is 162 cm³/mol. The average molecular weight is 596 g/mol. The average Bonchev–Trinajstić information content (AvgIpc) is 3.37. The van der Waals surface area contributed by atoms with E-state index in [1.807, 2.05) is 45.0 Å². The number of fused-ring (bicyclic) bond motifs is 1. The SMILES string of the molecule is CC(C)(C)c1cc(NC(=O)C(=O)c2ccc(OCCN3CCOCC3)c3ccccc23)n(-c2cc(Cl)cc(Cl)c2)n1. The van der Waals surface area contributed by atoms with Crippen molar-refractivity contribution in [3.63, 3.8) is 0 Å². The molecule has 0 saturated carbocycles. The lowest BCUT2D eigenvalue weighted by Crippen LogP contribution is -2.38. The summed E-state index contributed by atoms with van der Waals surface area (Å²) < 4.78 is 13.0. The van der Waals surface area contributed by atoms with E-state index in [1.165, 1.54) is 4.68 Å². The minimum atomic E-state index is -0.786. The molecule has 10 heteroatoms. The van der Waals surface area contributed by atoms with Crippen LogP contribution in [-0.2, 0) is 14.9 Å². The van der Waals surface area contributed by atoms with E-state index >= 15 is 0 Å². The highest BCUT2D eigenvalue weighted by Crippen LogP contribution is 2.31. The van der Waals surface area contributed by atoms with Crippen molar-refractivity contribution in [3.8, 4) is 11.4 Å². The topological polar surface area (TPSA) is 85.7 Å². The largest absolute Gasteiger partial charge is 0.492 e. The first-order valence-corrected chi connectivity index (χ1v) is 14.2. The zero-order valence-corrected chi connectivity index (χ0v) is 24.8. The maximum Gasteiger partial charge on any atom is 0.297 e. The fraction of sp³-hybridized carbons (Fsp3) is 0.323. The van der Waals surface area contributed by atoms with Gasteiger partial charge in [-0.25, -0.2) is 4.68 Å². The molecular weight excluding hydrogens is 563 g/mol. The van der Waals surface area contributed by atoms with Crippen LogP contribution < -0.4 is 10.1 Å². The van der Waals surface area contributed by atoms with E-state index in [-0.39, 0.29) is 11.0 Å². The molecule has 1 aliphatic rings. The number of hydrogen-bond donors (Lipinski definition) is 1. The van der Waals surface area contributed by atoms with Gasteiger partial charge in [-0.1, -0.05) is 68.2 Å². The third kappa shape index (κ3) is 6.73. The van der Waals surface area contributed by atoms with Crippen molar-refractivity contribution in [2.24, 2.45) is 0 Å². The number of nitrogens with one attached hydrogen (secondary N) is 1. The summed E-state index contributed by atoms with van der Waals surface area (Å²) in [7, 11) is 0. The number of carbonyl (C=O) groups is 2. The Labute approximate surface area is 249 Å². The molecule has 0 aliphatic carbocycles. The molecule has 1 aliphatic heterocycles. The van der Waals surface area contributed by atoms with E-state index in [0.717, 1.165) is 43.9 Å². The fourth-order valence-corrected chi connectivity index (χ4v) is 5.21. The first kappa shape index (κ1) is 29.1. The number of anilines is 1.